The topological polar surface area (TPSA) is 104 Å². The summed E-state index contributed by atoms with van der Waals surface area (Å²) in [5.74, 6) is -0.198. The number of carbonyl (C=O) groups is 1. The predicted molar refractivity (Wildman–Crippen MR) is 72.9 cm³/mol. The minimum Gasteiger partial charge on any atom is -0.351 e. The molecule has 0 saturated heterocycles. The maximum atomic E-state index is 11.8. The first-order valence-corrected chi connectivity index (χ1v) is 6.63. The van der Waals surface area contributed by atoms with Gasteiger partial charge in [0.1, 0.15) is 0 Å². The van der Waals surface area contributed by atoms with E-state index in [1.165, 1.54) is 0 Å². The van der Waals surface area contributed by atoms with Gasteiger partial charge in [0.15, 0.2) is 5.69 Å². The summed E-state index contributed by atoms with van der Waals surface area (Å²) in [5.41, 5.74) is 5.73. The van der Waals surface area contributed by atoms with Gasteiger partial charge < -0.3 is 15.6 Å². The molecule has 2 aromatic heterocycles. The molecule has 0 aliphatic rings. The zero-order valence-electron chi connectivity index (χ0n) is 11.3. The predicted octanol–water partition coefficient (Wildman–Crippen LogP) is -0.356. The number of unbranched alkanes of at least 4 members (excludes halogenated alkanes) is 1. The van der Waals surface area contributed by atoms with E-state index in [0.717, 1.165) is 19.4 Å². The van der Waals surface area contributed by atoms with Crippen LogP contribution in [0.5, 0.6) is 0 Å². The highest BCUT2D eigenvalue weighted by molar-refractivity contribution is 5.91. The summed E-state index contributed by atoms with van der Waals surface area (Å²) in [6.45, 7) is 2.56. The van der Waals surface area contributed by atoms with Crippen LogP contribution in [0, 0.1) is 0 Å². The van der Waals surface area contributed by atoms with Gasteiger partial charge >= 0.3 is 0 Å². The van der Waals surface area contributed by atoms with Gasteiger partial charge in [0.05, 0.1) is 19.1 Å². The van der Waals surface area contributed by atoms with Gasteiger partial charge in [-0.1, -0.05) is 5.21 Å². The lowest BCUT2D eigenvalue weighted by Gasteiger charge is -2.03. The summed E-state index contributed by atoms with van der Waals surface area (Å²) in [4.78, 5) is 15.8. The van der Waals surface area contributed by atoms with Gasteiger partial charge in [-0.15, -0.1) is 5.10 Å². The molecule has 2 rings (SSSR count). The van der Waals surface area contributed by atoms with Crippen LogP contribution >= 0.6 is 0 Å². The number of carbonyl (C=O) groups excluding carboxylic acids is 1. The molecule has 1 amide bonds. The first-order valence-electron chi connectivity index (χ1n) is 6.63. The molecule has 2 heterocycles. The first-order chi connectivity index (χ1) is 9.79. The van der Waals surface area contributed by atoms with Crippen molar-refractivity contribution in [2.75, 3.05) is 13.1 Å². The Morgan fingerprint density at radius 3 is 3.00 bits per heavy atom. The van der Waals surface area contributed by atoms with Crippen LogP contribution in [0.3, 0.4) is 0 Å². The third-order valence-corrected chi connectivity index (χ3v) is 2.82. The molecule has 0 radical (unpaired) electrons. The molecule has 8 heteroatoms. The van der Waals surface area contributed by atoms with Gasteiger partial charge in [0.2, 0.25) is 0 Å². The van der Waals surface area contributed by atoms with Gasteiger partial charge in [-0.3, -0.25) is 9.48 Å². The molecule has 0 saturated carbocycles. The minimum atomic E-state index is -0.198. The second-order valence-electron chi connectivity index (χ2n) is 4.42. The Morgan fingerprint density at radius 2 is 2.25 bits per heavy atom. The smallest absolute Gasteiger partial charge is 0.273 e. The average Bonchev–Trinajstić information content (AvgIpc) is 3.10. The summed E-state index contributed by atoms with van der Waals surface area (Å²) < 4.78 is 3.58. The summed E-state index contributed by atoms with van der Waals surface area (Å²) in [6, 6.07) is 0. The van der Waals surface area contributed by atoms with Gasteiger partial charge in [0, 0.05) is 32.0 Å². The first kappa shape index (κ1) is 14.2. The van der Waals surface area contributed by atoms with Gasteiger partial charge in [0.25, 0.3) is 5.91 Å². The number of aromatic nitrogens is 5. The highest BCUT2D eigenvalue weighted by Crippen LogP contribution is 1.96. The molecule has 0 atom stereocenters. The van der Waals surface area contributed by atoms with Crippen LogP contribution in [0.2, 0.25) is 0 Å². The van der Waals surface area contributed by atoms with Crippen molar-refractivity contribution in [3.8, 4) is 0 Å². The molecular formula is C12H19N7O. The lowest BCUT2D eigenvalue weighted by atomic mass is 10.3. The Labute approximate surface area is 117 Å². The number of aryl methyl sites for hydroxylation is 1. The largest absolute Gasteiger partial charge is 0.351 e. The van der Waals surface area contributed by atoms with E-state index in [-0.39, 0.29) is 5.91 Å². The van der Waals surface area contributed by atoms with Crippen LogP contribution in [0.25, 0.3) is 0 Å². The van der Waals surface area contributed by atoms with Crippen molar-refractivity contribution in [2.24, 2.45) is 5.73 Å². The average molecular weight is 277 g/mol. The molecule has 0 aliphatic carbocycles. The third-order valence-electron chi connectivity index (χ3n) is 2.82. The summed E-state index contributed by atoms with van der Waals surface area (Å²) in [6.07, 6.45) is 8.96. The van der Waals surface area contributed by atoms with E-state index < -0.39 is 0 Å². The third kappa shape index (κ3) is 4.16. The van der Waals surface area contributed by atoms with Crippen molar-refractivity contribution in [1.29, 1.82) is 0 Å². The lowest BCUT2D eigenvalue weighted by molar-refractivity contribution is 0.0948. The van der Waals surface area contributed by atoms with Gasteiger partial charge in [-0.2, -0.15) is 0 Å². The minimum absolute atomic E-state index is 0.198. The molecule has 0 fully saturated rings. The van der Waals surface area contributed by atoms with Crippen molar-refractivity contribution < 1.29 is 4.79 Å². The SMILES string of the molecule is NCCn1cc(C(=O)NCCCCn2ccnc2)nn1. The van der Waals surface area contributed by atoms with E-state index in [1.54, 1.807) is 23.4 Å². The fraction of sp³-hybridized carbons (Fsp3) is 0.500. The number of nitrogens with zero attached hydrogens (tertiary/aromatic N) is 5. The number of imidazole rings is 1. The monoisotopic (exact) mass is 277 g/mol. The fourth-order valence-electron chi connectivity index (χ4n) is 1.77. The Bertz CT molecular complexity index is 520. The van der Waals surface area contributed by atoms with E-state index in [1.807, 2.05) is 10.8 Å². The van der Waals surface area contributed by atoms with E-state index in [2.05, 4.69) is 20.6 Å². The Morgan fingerprint density at radius 1 is 1.35 bits per heavy atom. The number of hydrogen-bond acceptors (Lipinski definition) is 5. The molecule has 0 spiro atoms. The molecule has 0 aliphatic heterocycles. The van der Waals surface area contributed by atoms with E-state index in [4.69, 9.17) is 5.73 Å². The van der Waals surface area contributed by atoms with Crippen molar-refractivity contribution in [2.45, 2.75) is 25.9 Å². The number of amides is 1. The molecule has 108 valence electrons. The lowest BCUT2D eigenvalue weighted by Crippen LogP contribution is -2.25. The van der Waals surface area contributed by atoms with Gasteiger partial charge in [-0.25, -0.2) is 4.98 Å². The zero-order valence-corrected chi connectivity index (χ0v) is 11.3. The molecule has 8 nitrogen and oxygen atoms in total. The quantitative estimate of drug-likeness (QED) is 0.641. The maximum absolute atomic E-state index is 11.8. The van der Waals surface area contributed by atoms with Crippen LogP contribution in [-0.4, -0.2) is 43.5 Å². The van der Waals surface area contributed by atoms with Crippen LogP contribution in [-0.2, 0) is 13.1 Å². The Balaban J connectivity index is 1.64. The molecule has 0 bridgehead atoms. The van der Waals surface area contributed by atoms with Crippen molar-refractivity contribution in [1.82, 2.24) is 29.9 Å². The van der Waals surface area contributed by atoms with Crippen molar-refractivity contribution >= 4 is 5.91 Å². The second kappa shape index (κ2) is 7.39. The van der Waals surface area contributed by atoms with Crippen LogP contribution in [0.4, 0.5) is 0 Å². The summed E-state index contributed by atoms with van der Waals surface area (Å²) in [5, 5.41) is 10.5. The molecule has 2 aromatic rings. The molecule has 0 aromatic carbocycles. The summed E-state index contributed by atoms with van der Waals surface area (Å²) >= 11 is 0. The van der Waals surface area contributed by atoms with E-state index in [0.29, 0.717) is 25.3 Å². The number of nitrogens with one attached hydrogen (secondary N) is 1. The Hall–Kier alpha value is -2.22. The zero-order chi connectivity index (χ0) is 14.2. The molecule has 3 N–H and O–H groups in total. The molecule has 20 heavy (non-hydrogen) atoms. The van der Waals surface area contributed by atoms with Crippen molar-refractivity contribution in [3.63, 3.8) is 0 Å². The normalized spacial score (nSPS) is 10.7. The Kier molecular flexibility index (Phi) is 5.24. The number of nitrogens with two attached hydrogens (primary N) is 1. The number of hydrogen-bond donors (Lipinski definition) is 2. The number of rotatable bonds is 8. The highest BCUT2D eigenvalue weighted by Gasteiger charge is 2.09. The molecular weight excluding hydrogens is 258 g/mol. The highest BCUT2D eigenvalue weighted by atomic mass is 16.2. The van der Waals surface area contributed by atoms with Crippen LogP contribution in [0.1, 0.15) is 23.3 Å². The van der Waals surface area contributed by atoms with Crippen LogP contribution < -0.4 is 11.1 Å². The molecule has 0 unspecified atom stereocenters. The van der Waals surface area contributed by atoms with Gasteiger partial charge in [-0.05, 0) is 12.8 Å². The van der Waals surface area contributed by atoms with E-state index >= 15 is 0 Å². The maximum Gasteiger partial charge on any atom is 0.273 e. The summed E-state index contributed by atoms with van der Waals surface area (Å²) in [7, 11) is 0. The van der Waals surface area contributed by atoms with Crippen LogP contribution in [0.15, 0.2) is 24.9 Å². The second-order valence-corrected chi connectivity index (χ2v) is 4.42. The standard InChI is InChI=1S/C12H19N7O/c13-3-7-19-9-11(16-17-19)12(20)15-4-1-2-6-18-8-5-14-10-18/h5,8-10H,1-4,6-7,13H2,(H,15,20). The fourth-order valence-corrected chi connectivity index (χ4v) is 1.77. The van der Waals surface area contributed by atoms with E-state index in [9.17, 15) is 4.79 Å². The van der Waals surface area contributed by atoms with Crippen molar-refractivity contribution in [3.05, 3.63) is 30.6 Å².